The average molecular weight is 781 g/mol. The number of hydrogen-bond acceptors (Lipinski definition) is 6. The van der Waals surface area contributed by atoms with E-state index in [1.807, 2.05) is 109 Å². The standard InChI is InChI=1S/C43H50N6O4S2/c1-34(50)46-38-19-13-36(14-20-38)17-23-40-9-3-5-27-48(40)29-7-11-42(52)44-25-31-54-33-55-32-26-45-43(53)12-8-30-49-28-6-4-10-41(49)24-18-37-15-21-39(22-16-37)47-35(2)51/h3-6,9-10,13-24,27-28H,7-8,11-12,25-26,29-33H2,1-2H3,(H2,44,45,52,53)/p+2. The van der Waals surface area contributed by atoms with E-state index in [-0.39, 0.29) is 23.6 Å². The summed E-state index contributed by atoms with van der Waals surface area (Å²) in [6.07, 6.45) is 14.6. The van der Waals surface area contributed by atoms with Crippen LogP contribution in [-0.4, -0.2) is 53.3 Å². The number of benzene rings is 2. The van der Waals surface area contributed by atoms with Crippen LogP contribution in [0.2, 0.25) is 0 Å². The van der Waals surface area contributed by atoms with Crippen molar-refractivity contribution >= 4 is 82.8 Å². The highest BCUT2D eigenvalue weighted by molar-refractivity contribution is 8.16. The van der Waals surface area contributed by atoms with Gasteiger partial charge < -0.3 is 21.3 Å². The summed E-state index contributed by atoms with van der Waals surface area (Å²) in [7, 11) is 0. The van der Waals surface area contributed by atoms with Crippen molar-refractivity contribution in [1.82, 2.24) is 10.6 Å². The zero-order valence-corrected chi connectivity index (χ0v) is 33.3. The van der Waals surface area contributed by atoms with Crippen molar-refractivity contribution in [3.05, 3.63) is 120 Å². The van der Waals surface area contributed by atoms with E-state index in [9.17, 15) is 19.2 Å². The van der Waals surface area contributed by atoms with Crippen LogP contribution in [0.5, 0.6) is 0 Å². The monoisotopic (exact) mass is 780 g/mol. The molecule has 0 spiro atoms. The molecule has 55 heavy (non-hydrogen) atoms. The Morgan fingerprint density at radius 3 is 1.38 bits per heavy atom. The topological polar surface area (TPSA) is 124 Å². The molecule has 2 aromatic carbocycles. The molecule has 10 nitrogen and oxygen atoms in total. The first-order valence-corrected chi connectivity index (χ1v) is 20.8. The lowest BCUT2D eigenvalue weighted by atomic mass is 10.1. The molecule has 0 aliphatic heterocycles. The zero-order valence-electron chi connectivity index (χ0n) is 31.7. The SMILES string of the molecule is CC(=O)Nc1ccc(/C=C/c2cccc[n+]2CCCC(=O)NCCSCSCCNC(=O)CCC[n+]2ccccc2/C=C/c2ccc(NC(C)=O)cc2)cc1. The van der Waals surface area contributed by atoms with Gasteiger partial charge in [0.2, 0.25) is 35.0 Å². The predicted molar refractivity (Wildman–Crippen MR) is 227 cm³/mol. The van der Waals surface area contributed by atoms with Gasteiger partial charge in [0.05, 0.1) is 0 Å². The minimum absolute atomic E-state index is 0.0636. The van der Waals surface area contributed by atoms with Gasteiger partial charge in [0.1, 0.15) is 13.1 Å². The minimum Gasteiger partial charge on any atom is -0.355 e. The maximum Gasteiger partial charge on any atom is 0.221 e. The van der Waals surface area contributed by atoms with Gasteiger partial charge in [-0.2, -0.15) is 9.13 Å². The molecule has 0 unspecified atom stereocenters. The van der Waals surface area contributed by atoms with Crippen LogP contribution in [0.15, 0.2) is 97.3 Å². The Bertz CT molecular complexity index is 1760. The van der Waals surface area contributed by atoms with Crippen molar-refractivity contribution in [2.45, 2.75) is 52.6 Å². The third-order valence-electron chi connectivity index (χ3n) is 8.22. The molecule has 12 heteroatoms. The lowest BCUT2D eigenvalue weighted by Crippen LogP contribution is -2.37. The van der Waals surface area contributed by atoms with Gasteiger partial charge in [0, 0.05) is 117 Å². The number of carbonyl (C=O) groups is 4. The molecule has 0 aliphatic rings. The minimum atomic E-state index is -0.0933. The summed E-state index contributed by atoms with van der Waals surface area (Å²) in [6, 6.07) is 27.4. The van der Waals surface area contributed by atoms with Gasteiger partial charge in [0.25, 0.3) is 0 Å². The van der Waals surface area contributed by atoms with E-state index in [2.05, 4.69) is 42.6 Å². The number of amides is 4. The molecule has 0 bridgehead atoms. The number of thioether (sulfide) groups is 2. The van der Waals surface area contributed by atoms with Crippen LogP contribution in [0.1, 0.15) is 62.0 Å². The molecule has 4 amide bonds. The van der Waals surface area contributed by atoms with Crippen molar-refractivity contribution in [2.24, 2.45) is 0 Å². The van der Waals surface area contributed by atoms with Crippen LogP contribution in [0.4, 0.5) is 11.4 Å². The first-order valence-electron chi connectivity index (χ1n) is 18.5. The summed E-state index contributed by atoms with van der Waals surface area (Å²) in [5.74, 6) is 1.63. The number of rotatable bonds is 22. The number of aryl methyl sites for hydroxylation is 2. The Balaban J connectivity index is 1.01. The Hall–Kier alpha value is -5.20. The van der Waals surface area contributed by atoms with Crippen LogP contribution >= 0.6 is 23.5 Å². The number of hydrogen-bond donors (Lipinski definition) is 4. The molecular formula is C43H52N6O4S2+2. The quantitative estimate of drug-likeness (QED) is 0.0414. The second-order valence-corrected chi connectivity index (χ2v) is 15.3. The van der Waals surface area contributed by atoms with Crippen LogP contribution in [0, 0.1) is 0 Å². The normalized spacial score (nSPS) is 11.1. The molecule has 0 aliphatic carbocycles. The van der Waals surface area contributed by atoms with Crippen LogP contribution < -0.4 is 30.4 Å². The number of anilines is 2. The summed E-state index contributed by atoms with van der Waals surface area (Å²) in [6.45, 7) is 5.73. The van der Waals surface area contributed by atoms with Crippen molar-refractivity contribution < 1.29 is 28.3 Å². The van der Waals surface area contributed by atoms with Crippen molar-refractivity contribution in [1.29, 1.82) is 0 Å². The largest absolute Gasteiger partial charge is 0.355 e. The van der Waals surface area contributed by atoms with E-state index in [1.54, 1.807) is 23.5 Å². The van der Waals surface area contributed by atoms with Crippen molar-refractivity contribution in [3.8, 4) is 0 Å². The maximum absolute atomic E-state index is 12.4. The van der Waals surface area contributed by atoms with Gasteiger partial charge in [-0.05, 0) is 59.7 Å². The Morgan fingerprint density at radius 2 is 0.982 bits per heavy atom. The Labute approximate surface area is 333 Å². The van der Waals surface area contributed by atoms with E-state index in [1.165, 1.54) is 13.8 Å². The average Bonchev–Trinajstić information content (AvgIpc) is 3.17. The molecule has 0 saturated heterocycles. The molecule has 0 fully saturated rings. The molecular weight excluding hydrogens is 729 g/mol. The molecule has 4 rings (SSSR count). The van der Waals surface area contributed by atoms with Gasteiger partial charge in [-0.25, -0.2) is 0 Å². The summed E-state index contributed by atoms with van der Waals surface area (Å²) < 4.78 is 4.29. The summed E-state index contributed by atoms with van der Waals surface area (Å²) in [4.78, 5) is 47.3. The van der Waals surface area contributed by atoms with Gasteiger partial charge >= 0.3 is 0 Å². The summed E-state index contributed by atoms with van der Waals surface area (Å²) in [5.41, 5.74) is 5.70. The smallest absolute Gasteiger partial charge is 0.221 e. The molecule has 4 aromatic rings. The summed E-state index contributed by atoms with van der Waals surface area (Å²) in [5, 5.41) is 12.5. The van der Waals surface area contributed by atoms with Crippen LogP contribution in [0.25, 0.3) is 24.3 Å². The maximum atomic E-state index is 12.4. The molecule has 0 atom stereocenters. The fraction of sp³-hybridized carbons (Fsp3) is 0.302. The number of nitrogens with one attached hydrogen (secondary N) is 4. The molecule has 2 heterocycles. The molecule has 4 N–H and O–H groups in total. The molecule has 0 saturated carbocycles. The van der Waals surface area contributed by atoms with Crippen LogP contribution in [0.3, 0.4) is 0 Å². The van der Waals surface area contributed by atoms with E-state index in [0.717, 1.165) is 76.4 Å². The molecule has 288 valence electrons. The first-order chi connectivity index (χ1) is 26.7. The van der Waals surface area contributed by atoms with E-state index in [0.29, 0.717) is 25.9 Å². The number of pyridine rings is 2. The highest BCUT2D eigenvalue weighted by Gasteiger charge is 2.10. The predicted octanol–water partition coefficient (Wildman–Crippen LogP) is 6.44. The Morgan fingerprint density at radius 1 is 0.564 bits per heavy atom. The fourth-order valence-electron chi connectivity index (χ4n) is 5.51. The lowest BCUT2D eigenvalue weighted by molar-refractivity contribution is -0.699. The second-order valence-electron chi connectivity index (χ2n) is 12.8. The van der Waals surface area contributed by atoms with Crippen molar-refractivity contribution in [2.75, 3.05) is 40.3 Å². The summed E-state index contributed by atoms with van der Waals surface area (Å²) >= 11 is 3.57. The third-order valence-corrected chi connectivity index (χ3v) is 10.5. The highest BCUT2D eigenvalue weighted by atomic mass is 32.2. The van der Waals surface area contributed by atoms with Crippen molar-refractivity contribution in [3.63, 3.8) is 0 Å². The fourth-order valence-corrected chi connectivity index (χ4v) is 7.42. The number of nitrogens with zero attached hydrogens (tertiary/aromatic N) is 2. The third kappa shape index (κ3) is 17.2. The van der Waals surface area contributed by atoms with Gasteiger partial charge in [-0.15, -0.1) is 23.5 Å². The second kappa shape index (κ2) is 24.3. The highest BCUT2D eigenvalue weighted by Crippen LogP contribution is 2.14. The van der Waals surface area contributed by atoms with E-state index >= 15 is 0 Å². The van der Waals surface area contributed by atoms with Gasteiger partial charge in [0.15, 0.2) is 12.4 Å². The zero-order chi connectivity index (χ0) is 39.1. The first kappa shape index (κ1) is 42.5. The van der Waals surface area contributed by atoms with Crippen LogP contribution in [-0.2, 0) is 32.3 Å². The van der Waals surface area contributed by atoms with E-state index in [4.69, 9.17) is 0 Å². The number of carbonyl (C=O) groups excluding carboxylic acids is 4. The molecule has 0 radical (unpaired) electrons. The van der Waals surface area contributed by atoms with Gasteiger partial charge in [-0.3, -0.25) is 19.2 Å². The van der Waals surface area contributed by atoms with Gasteiger partial charge in [-0.1, -0.05) is 24.3 Å². The Kier molecular flexibility index (Phi) is 18.8. The number of aromatic nitrogens is 2. The lowest BCUT2D eigenvalue weighted by Gasteiger charge is -2.06. The molecule has 2 aromatic heterocycles. The van der Waals surface area contributed by atoms with E-state index < -0.39 is 0 Å².